The second-order valence-electron chi connectivity index (χ2n) is 4.79. The normalized spacial score (nSPS) is 10.3. The first kappa shape index (κ1) is 13.3. The van der Waals surface area contributed by atoms with Gasteiger partial charge in [-0.05, 0) is 17.2 Å². The van der Waals surface area contributed by atoms with Crippen LogP contribution in [0.4, 0.5) is 0 Å². The lowest BCUT2D eigenvalue weighted by atomic mass is 10.0. The zero-order valence-electron chi connectivity index (χ0n) is 11.6. The molecule has 0 bridgehead atoms. The van der Waals surface area contributed by atoms with Gasteiger partial charge in [-0.15, -0.1) is 0 Å². The second kappa shape index (κ2) is 6.14. The average molecular weight is 276 g/mol. The third kappa shape index (κ3) is 3.06. The molecule has 0 saturated heterocycles. The summed E-state index contributed by atoms with van der Waals surface area (Å²) < 4.78 is 5.73. The van der Waals surface area contributed by atoms with Crippen molar-refractivity contribution in [2.75, 3.05) is 0 Å². The van der Waals surface area contributed by atoms with Crippen LogP contribution in [0, 0.1) is 0 Å². The number of phenols is 1. The van der Waals surface area contributed by atoms with Gasteiger partial charge in [0.2, 0.25) is 0 Å². The van der Waals surface area contributed by atoms with E-state index in [1.807, 2.05) is 72.8 Å². The van der Waals surface area contributed by atoms with Crippen LogP contribution in [0.25, 0.3) is 11.1 Å². The largest absolute Gasteiger partial charge is 0.504 e. The predicted octanol–water partition coefficient (Wildman–Crippen LogP) is 4.64. The molecule has 0 spiro atoms. The van der Waals surface area contributed by atoms with Crippen LogP contribution in [0.1, 0.15) is 5.56 Å². The number of phenolic OH excluding ortho intramolecular Hbond substituents is 1. The second-order valence-corrected chi connectivity index (χ2v) is 4.79. The van der Waals surface area contributed by atoms with E-state index in [9.17, 15) is 5.11 Å². The lowest BCUT2D eigenvalue weighted by Gasteiger charge is -2.11. The summed E-state index contributed by atoms with van der Waals surface area (Å²) >= 11 is 0. The van der Waals surface area contributed by atoms with Crippen molar-refractivity contribution >= 4 is 0 Å². The Morgan fingerprint density at radius 1 is 0.714 bits per heavy atom. The Bertz CT molecular complexity index is 706. The topological polar surface area (TPSA) is 29.5 Å². The van der Waals surface area contributed by atoms with Gasteiger partial charge in [0.15, 0.2) is 11.5 Å². The summed E-state index contributed by atoms with van der Waals surface area (Å²) in [6, 6.07) is 25.3. The molecule has 0 aliphatic heterocycles. The van der Waals surface area contributed by atoms with Crippen molar-refractivity contribution in [2.24, 2.45) is 0 Å². The number of rotatable bonds is 4. The zero-order chi connectivity index (χ0) is 14.5. The van der Waals surface area contributed by atoms with Crippen LogP contribution in [0.5, 0.6) is 11.5 Å². The standard InChI is InChI=1S/C19H16O2/c20-19-17(16-10-5-2-6-11-16)12-7-13-18(19)21-14-15-8-3-1-4-9-15/h1-13,20H,14H2. The lowest BCUT2D eigenvalue weighted by molar-refractivity contribution is 0.289. The van der Waals surface area contributed by atoms with Crippen LogP contribution in [0.3, 0.4) is 0 Å². The molecule has 0 aromatic heterocycles. The molecule has 0 fully saturated rings. The maximum Gasteiger partial charge on any atom is 0.165 e. The number of aromatic hydroxyl groups is 1. The Morgan fingerprint density at radius 2 is 1.38 bits per heavy atom. The molecule has 2 heteroatoms. The quantitative estimate of drug-likeness (QED) is 0.752. The Hall–Kier alpha value is -2.74. The molecule has 2 nitrogen and oxygen atoms in total. The molecule has 104 valence electrons. The van der Waals surface area contributed by atoms with Gasteiger partial charge < -0.3 is 9.84 Å². The van der Waals surface area contributed by atoms with Crippen LogP contribution in [-0.2, 0) is 6.61 Å². The fourth-order valence-electron chi connectivity index (χ4n) is 2.22. The number of benzene rings is 3. The van der Waals surface area contributed by atoms with E-state index in [4.69, 9.17) is 4.74 Å². The first-order valence-electron chi connectivity index (χ1n) is 6.89. The van der Waals surface area contributed by atoms with E-state index >= 15 is 0 Å². The van der Waals surface area contributed by atoms with Crippen molar-refractivity contribution in [1.29, 1.82) is 0 Å². The van der Waals surface area contributed by atoms with Crippen LogP contribution in [0.2, 0.25) is 0 Å². The fourth-order valence-corrected chi connectivity index (χ4v) is 2.22. The third-order valence-electron chi connectivity index (χ3n) is 3.32. The molecular weight excluding hydrogens is 260 g/mol. The van der Waals surface area contributed by atoms with Gasteiger partial charge >= 0.3 is 0 Å². The molecule has 0 heterocycles. The van der Waals surface area contributed by atoms with Crippen LogP contribution < -0.4 is 4.74 Å². The van der Waals surface area contributed by atoms with Gasteiger partial charge in [0.1, 0.15) is 6.61 Å². The van der Waals surface area contributed by atoms with Gasteiger partial charge in [-0.1, -0.05) is 72.8 Å². The fraction of sp³-hybridized carbons (Fsp3) is 0.0526. The summed E-state index contributed by atoms with van der Waals surface area (Å²) in [5.74, 6) is 0.680. The highest BCUT2D eigenvalue weighted by Gasteiger charge is 2.09. The highest BCUT2D eigenvalue weighted by Crippen LogP contribution is 2.37. The van der Waals surface area contributed by atoms with Crippen LogP contribution in [-0.4, -0.2) is 5.11 Å². The van der Waals surface area contributed by atoms with E-state index < -0.39 is 0 Å². The first-order valence-corrected chi connectivity index (χ1v) is 6.89. The van der Waals surface area contributed by atoms with Crippen molar-refractivity contribution in [3.05, 3.63) is 84.4 Å². The van der Waals surface area contributed by atoms with Gasteiger partial charge in [-0.2, -0.15) is 0 Å². The first-order chi connectivity index (χ1) is 10.3. The number of para-hydroxylation sites is 1. The molecule has 0 saturated carbocycles. The van der Waals surface area contributed by atoms with Crippen molar-refractivity contribution < 1.29 is 9.84 Å². The molecule has 0 aliphatic carbocycles. The maximum absolute atomic E-state index is 10.4. The van der Waals surface area contributed by atoms with E-state index in [1.54, 1.807) is 6.07 Å². The molecule has 21 heavy (non-hydrogen) atoms. The van der Waals surface area contributed by atoms with E-state index in [0.29, 0.717) is 12.4 Å². The Kier molecular flexibility index (Phi) is 3.88. The molecule has 0 aliphatic rings. The number of ether oxygens (including phenoxy) is 1. The molecule has 3 rings (SSSR count). The minimum Gasteiger partial charge on any atom is -0.504 e. The van der Waals surface area contributed by atoms with Crippen molar-refractivity contribution in [3.63, 3.8) is 0 Å². The van der Waals surface area contributed by atoms with Gasteiger partial charge in [-0.25, -0.2) is 0 Å². The summed E-state index contributed by atoms with van der Waals surface area (Å²) in [6.07, 6.45) is 0. The molecule has 3 aromatic carbocycles. The molecule has 0 atom stereocenters. The molecular formula is C19H16O2. The Balaban J connectivity index is 1.84. The summed E-state index contributed by atoms with van der Waals surface area (Å²) in [4.78, 5) is 0. The highest BCUT2D eigenvalue weighted by molar-refractivity contribution is 5.73. The molecule has 0 radical (unpaired) electrons. The van der Waals surface area contributed by atoms with E-state index in [2.05, 4.69) is 0 Å². The van der Waals surface area contributed by atoms with E-state index in [0.717, 1.165) is 16.7 Å². The predicted molar refractivity (Wildman–Crippen MR) is 84.3 cm³/mol. The average Bonchev–Trinajstić information content (AvgIpc) is 2.56. The summed E-state index contributed by atoms with van der Waals surface area (Å²) in [7, 11) is 0. The van der Waals surface area contributed by atoms with Gasteiger partial charge in [-0.3, -0.25) is 0 Å². The minimum absolute atomic E-state index is 0.180. The molecule has 3 aromatic rings. The Morgan fingerprint density at radius 3 is 2.10 bits per heavy atom. The summed E-state index contributed by atoms with van der Waals surface area (Å²) in [5, 5.41) is 10.4. The molecule has 1 N–H and O–H groups in total. The zero-order valence-corrected chi connectivity index (χ0v) is 11.6. The van der Waals surface area contributed by atoms with Crippen molar-refractivity contribution in [2.45, 2.75) is 6.61 Å². The highest BCUT2D eigenvalue weighted by atomic mass is 16.5. The molecule has 0 amide bonds. The number of hydrogen-bond acceptors (Lipinski definition) is 2. The molecule has 0 unspecified atom stereocenters. The third-order valence-corrected chi connectivity index (χ3v) is 3.32. The Labute approximate surface area is 124 Å². The van der Waals surface area contributed by atoms with Gasteiger partial charge in [0, 0.05) is 5.56 Å². The maximum atomic E-state index is 10.4. The minimum atomic E-state index is 0.180. The summed E-state index contributed by atoms with van der Waals surface area (Å²) in [6.45, 7) is 0.437. The monoisotopic (exact) mass is 276 g/mol. The van der Waals surface area contributed by atoms with Gasteiger partial charge in [0.05, 0.1) is 0 Å². The van der Waals surface area contributed by atoms with Crippen molar-refractivity contribution in [1.82, 2.24) is 0 Å². The van der Waals surface area contributed by atoms with Crippen LogP contribution >= 0.6 is 0 Å². The van der Waals surface area contributed by atoms with Crippen molar-refractivity contribution in [3.8, 4) is 22.6 Å². The SMILES string of the molecule is Oc1c(OCc2ccccc2)cccc1-c1ccccc1. The summed E-state index contributed by atoms with van der Waals surface area (Å²) in [5.41, 5.74) is 2.82. The van der Waals surface area contributed by atoms with Gasteiger partial charge in [0.25, 0.3) is 0 Å². The lowest BCUT2D eigenvalue weighted by Crippen LogP contribution is -1.95. The smallest absolute Gasteiger partial charge is 0.165 e. The van der Waals surface area contributed by atoms with E-state index in [1.165, 1.54) is 0 Å². The van der Waals surface area contributed by atoms with Crippen LogP contribution in [0.15, 0.2) is 78.9 Å². The number of hydrogen-bond donors (Lipinski definition) is 1. The van der Waals surface area contributed by atoms with E-state index in [-0.39, 0.29) is 5.75 Å².